The monoisotopic (exact) mass is 339 g/mol. The van der Waals surface area contributed by atoms with Gasteiger partial charge in [-0.25, -0.2) is 4.79 Å². The standard InChI is InChI=1S/C11H22N3O.HI/c1-12(2)11(15)13(3)9-7-8-10-14(4,5)6;/h9-10H2,1-6H3;1H/q+1;/p-1. The predicted octanol–water partition coefficient (Wildman–Crippen LogP) is -2.69. The molecule has 0 saturated heterocycles. The van der Waals surface area contributed by atoms with E-state index in [0.29, 0.717) is 6.54 Å². The molecule has 0 fully saturated rings. The molecule has 0 rings (SSSR count). The van der Waals surface area contributed by atoms with Crippen molar-refractivity contribution in [3.8, 4) is 11.8 Å². The Hall–Kier alpha value is -0.480. The lowest BCUT2D eigenvalue weighted by Crippen LogP contribution is -3.00. The molecule has 0 N–H and O–H groups in total. The molecule has 0 atom stereocenters. The Balaban J connectivity index is 0. The zero-order chi connectivity index (χ0) is 12.1. The number of quaternary nitrogens is 1. The second-order valence-electron chi connectivity index (χ2n) is 4.84. The second-order valence-corrected chi connectivity index (χ2v) is 4.84. The van der Waals surface area contributed by atoms with E-state index in [0.717, 1.165) is 11.0 Å². The summed E-state index contributed by atoms with van der Waals surface area (Å²) in [6.45, 7) is 1.28. The van der Waals surface area contributed by atoms with Crippen LogP contribution in [0.1, 0.15) is 0 Å². The highest BCUT2D eigenvalue weighted by Crippen LogP contribution is 1.90. The number of hydrogen-bond acceptors (Lipinski definition) is 1. The van der Waals surface area contributed by atoms with Crippen LogP contribution >= 0.6 is 0 Å². The third-order valence-electron chi connectivity index (χ3n) is 1.70. The molecule has 0 aromatic heterocycles. The summed E-state index contributed by atoms with van der Waals surface area (Å²) in [6.07, 6.45) is 0. The van der Waals surface area contributed by atoms with E-state index in [1.165, 1.54) is 0 Å². The third kappa shape index (κ3) is 8.80. The summed E-state index contributed by atoms with van der Waals surface area (Å²) in [5.74, 6) is 6.05. The fourth-order valence-electron chi connectivity index (χ4n) is 0.877. The number of nitrogens with zero attached hydrogens (tertiary/aromatic N) is 3. The maximum Gasteiger partial charge on any atom is 0.320 e. The molecule has 16 heavy (non-hydrogen) atoms. The minimum absolute atomic E-state index is 0. The Morgan fingerprint density at radius 2 is 1.62 bits per heavy atom. The first-order valence-electron chi connectivity index (χ1n) is 4.92. The maximum atomic E-state index is 11.4. The normalized spacial score (nSPS) is 9.62. The summed E-state index contributed by atoms with van der Waals surface area (Å²) >= 11 is 0. The van der Waals surface area contributed by atoms with E-state index in [9.17, 15) is 4.79 Å². The molecular formula is C11H22IN3O. The van der Waals surface area contributed by atoms with Gasteiger partial charge in [0.15, 0.2) is 0 Å². The first-order chi connectivity index (χ1) is 6.74. The van der Waals surface area contributed by atoms with Gasteiger partial charge in [-0.15, -0.1) is 0 Å². The van der Waals surface area contributed by atoms with Crippen LogP contribution in [0.3, 0.4) is 0 Å². The first kappa shape index (κ1) is 17.9. The minimum atomic E-state index is -0.0189. The van der Waals surface area contributed by atoms with Crippen molar-refractivity contribution in [3.05, 3.63) is 0 Å². The van der Waals surface area contributed by atoms with Crippen molar-refractivity contribution >= 4 is 6.03 Å². The highest BCUT2D eigenvalue weighted by Gasteiger charge is 2.08. The molecule has 4 nitrogen and oxygen atoms in total. The van der Waals surface area contributed by atoms with Crippen molar-refractivity contribution in [3.63, 3.8) is 0 Å². The van der Waals surface area contributed by atoms with E-state index >= 15 is 0 Å². The zero-order valence-corrected chi connectivity index (χ0v) is 13.2. The SMILES string of the molecule is CN(C)C(=O)N(C)CC#CC[N+](C)(C)C.[I-]. The average molecular weight is 339 g/mol. The van der Waals surface area contributed by atoms with Gasteiger partial charge in [-0.1, -0.05) is 5.92 Å². The van der Waals surface area contributed by atoms with Crippen LogP contribution in [-0.2, 0) is 0 Å². The number of halogens is 1. The van der Waals surface area contributed by atoms with E-state index in [1.807, 2.05) is 0 Å². The molecule has 0 spiro atoms. The Morgan fingerprint density at radius 1 is 1.12 bits per heavy atom. The quantitative estimate of drug-likeness (QED) is 0.306. The highest BCUT2D eigenvalue weighted by atomic mass is 127. The summed E-state index contributed by atoms with van der Waals surface area (Å²) < 4.78 is 0.818. The van der Waals surface area contributed by atoms with Crippen molar-refractivity contribution < 1.29 is 33.3 Å². The van der Waals surface area contributed by atoms with Crippen molar-refractivity contribution in [2.45, 2.75) is 0 Å². The van der Waals surface area contributed by atoms with Crippen molar-refractivity contribution in [1.82, 2.24) is 9.80 Å². The molecule has 0 saturated carbocycles. The maximum absolute atomic E-state index is 11.4. The number of carbonyl (C=O) groups excluding carboxylic acids is 1. The molecule has 94 valence electrons. The van der Waals surface area contributed by atoms with Gasteiger partial charge in [-0.3, -0.25) is 0 Å². The molecule has 0 aliphatic rings. The summed E-state index contributed by atoms with van der Waals surface area (Å²) in [5, 5.41) is 0. The fraction of sp³-hybridized carbons (Fsp3) is 0.727. The minimum Gasteiger partial charge on any atom is -1.00 e. The average Bonchev–Trinajstić information content (AvgIpc) is 2.09. The van der Waals surface area contributed by atoms with Crippen LogP contribution in [-0.4, -0.2) is 75.7 Å². The number of hydrogen-bond donors (Lipinski definition) is 0. The van der Waals surface area contributed by atoms with Crippen LogP contribution in [0, 0.1) is 11.8 Å². The van der Waals surface area contributed by atoms with Gasteiger partial charge in [-0.05, 0) is 5.92 Å². The van der Waals surface area contributed by atoms with Crippen LogP contribution in [0.15, 0.2) is 0 Å². The largest absolute Gasteiger partial charge is 1.00 e. The number of urea groups is 1. The van der Waals surface area contributed by atoms with Crippen LogP contribution in [0.25, 0.3) is 0 Å². The van der Waals surface area contributed by atoms with E-state index < -0.39 is 0 Å². The highest BCUT2D eigenvalue weighted by molar-refractivity contribution is 5.73. The molecule has 0 heterocycles. The van der Waals surface area contributed by atoms with Crippen LogP contribution in [0.5, 0.6) is 0 Å². The molecule has 0 aromatic carbocycles. The molecule has 0 unspecified atom stereocenters. The van der Waals surface area contributed by atoms with Gasteiger partial charge in [0.1, 0.15) is 6.54 Å². The predicted molar refractivity (Wildman–Crippen MR) is 62.4 cm³/mol. The summed E-state index contributed by atoms with van der Waals surface area (Å²) in [7, 11) is 11.5. The molecule has 0 bridgehead atoms. The van der Waals surface area contributed by atoms with E-state index in [1.54, 1.807) is 30.9 Å². The van der Waals surface area contributed by atoms with Crippen LogP contribution in [0.2, 0.25) is 0 Å². The van der Waals surface area contributed by atoms with Gasteiger partial charge in [-0.2, -0.15) is 0 Å². The lowest BCUT2D eigenvalue weighted by molar-refractivity contribution is -0.862. The van der Waals surface area contributed by atoms with Crippen molar-refractivity contribution in [1.29, 1.82) is 0 Å². The third-order valence-corrected chi connectivity index (χ3v) is 1.70. The lowest BCUT2D eigenvalue weighted by Gasteiger charge is -2.21. The van der Waals surface area contributed by atoms with E-state index in [2.05, 4.69) is 33.0 Å². The van der Waals surface area contributed by atoms with Gasteiger partial charge < -0.3 is 38.3 Å². The Bertz CT molecular complexity index is 273. The molecule has 0 aliphatic heterocycles. The summed E-state index contributed by atoms with van der Waals surface area (Å²) in [5.41, 5.74) is 0. The number of carbonyl (C=O) groups is 1. The Labute approximate surface area is 116 Å². The number of amides is 2. The molecular weight excluding hydrogens is 317 g/mol. The summed E-state index contributed by atoms with van der Waals surface area (Å²) in [6, 6.07) is -0.0189. The van der Waals surface area contributed by atoms with Gasteiger partial charge in [0.05, 0.1) is 27.7 Å². The van der Waals surface area contributed by atoms with E-state index in [4.69, 9.17) is 0 Å². The van der Waals surface area contributed by atoms with Gasteiger partial charge in [0, 0.05) is 21.1 Å². The smallest absolute Gasteiger partial charge is 0.320 e. The van der Waals surface area contributed by atoms with E-state index in [-0.39, 0.29) is 30.0 Å². The molecule has 0 aromatic rings. The molecule has 0 aliphatic carbocycles. The van der Waals surface area contributed by atoms with Gasteiger partial charge in [0.25, 0.3) is 0 Å². The van der Waals surface area contributed by atoms with Gasteiger partial charge >= 0.3 is 6.03 Å². The topological polar surface area (TPSA) is 23.6 Å². The van der Waals surface area contributed by atoms with Crippen molar-refractivity contribution in [2.24, 2.45) is 0 Å². The Kier molecular flexibility index (Phi) is 8.66. The lowest BCUT2D eigenvalue weighted by atomic mass is 10.4. The van der Waals surface area contributed by atoms with Gasteiger partial charge in [0.2, 0.25) is 0 Å². The number of rotatable bonds is 2. The fourth-order valence-corrected chi connectivity index (χ4v) is 0.877. The molecule has 0 radical (unpaired) electrons. The zero-order valence-electron chi connectivity index (χ0n) is 11.0. The van der Waals surface area contributed by atoms with Crippen LogP contribution in [0.4, 0.5) is 4.79 Å². The molecule has 5 heteroatoms. The van der Waals surface area contributed by atoms with Crippen LogP contribution < -0.4 is 24.0 Å². The van der Waals surface area contributed by atoms with Crippen molar-refractivity contribution in [2.75, 3.05) is 55.4 Å². The molecule has 2 amide bonds. The Morgan fingerprint density at radius 3 is 2.00 bits per heavy atom. The first-order valence-corrected chi connectivity index (χ1v) is 4.92. The summed E-state index contributed by atoms with van der Waals surface area (Å²) in [4.78, 5) is 14.6. The second kappa shape index (κ2) is 7.74.